The molecule has 0 aliphatic carbocycles. The van der Waals surface area contributed by atoms with E-state index in [1.807, 2.05) is 18.2 Å². The van der Waals surface area contributed by atoms with Gasteiger partial charge in [0.15, 0.2) is 0 Å². The van der Waals surface area contributed by atoms with Crippen molar-refractivity contribution in [1.82, 2.24) is 10.2 Å². The number of methoxy groups -OCH3 is 1. The molecule has 6 heteroatoms. The molecule has 0 radical (unpaired) electrons. The number of hydrogen-bond donors (Lipinski definition) is 1. The van der Waals surface area contributed by atoms with Gasteiger partial charge < -0.3 is 19.9 Å². The van der Waals surface area contributed by atoms with E-state index < -0.39 is 0 Å². The summed E-state index contributed by atoms with van der Waals surface area (Å²) in [7, 11) is 3.70. The fourth-order valence-corrected chi connectivity index (χ4v) is 2.79. The number of ether oxygens (including phenoxy) is 1. The first kappa shape index (κ1) is 19.0. The highest BCUT2D eigenvalue weighted by molar-refractivity contribution is 6.04. The monoisotopic (exact) mass is 342 g/mol. The summed E-state index contributed by atoms with van der Waals surface area (Å²) in [4.78, 5) is 16.8. The maximum absolute atomic E-state index is 12.1. The topological polar surface area (TPSA) is 68.6 Å². The second-order valence-corrected chi connectivity index (χ2v) is 6.20. The van der Waals surface area contributed by atoms with E-state index in [0.29, 0.717) is 18.7 Å². The molecule has 1 aliphatic heterocycles. The number of nitriles is 1. The van der Waals surface area contributed by atoms with Crippen molar-refractivity contribution in [3.05, 3.63) is 35.4 Å². The number of carbonyl (C=O) groups is 1. The lowest BCUT2D eigenvalue weighted by Gasteiger charge is -2.34. The number of nitrogens with one attached hydrogen (secondary N) is 1. The summed E-state index contributed by atoms with van der Waals surface area (Å²) >= 11 is 0. The third kappa shape index (κ3) is 5.05. The number of piperazine rings is 1. The van der Waals surface area contributed by atoms with Crippen molar-refractivity contribution in [3.63, 3.8) is 0 Å². The molecule has 0 bridgehead atoms. The van der Waals surface area contributed by atoms with Crippen LogP contribution < -0.4 is 10.2 Å². The summed E-state index contributed by atoms with van der Waals surface area (Å²) < 4.78 is 4.91. The molecule has 2 rings (SSSR count). The molecule has 0 spiro atoms. The first-order valence-electron chi connectivity index (χ1n) is 8.49. The lowest BCUT2D eigenvalue weighted by atomic mass is 10.0. The van der Waals surface area contributed by atoms with Crippen LogP contribution in [0, 0.1) is 11.3 Å². The van der Waals surface area contributed by atoms with Gasteiger partial charge in [-0.25, -0.2) is 0 Å². The van der Waals surface area contributed by atoms with E-state index in [9.17, 15) is 10.1 Å². The van der Waals surface area contributed by atoms with Crippen molar-refractivity contribution in [2.45, 2.75) is 6.92 Å². The first-order valence-corrected chi connectivity index (χ1v) is 8.49. The van der Waals surface area contributed by atoms with Crippen LogP contribution in [0.3, 0.4) is 0 Å². The molecule has 1 saturated heterocycles. The predicted octanol–water partition coefficient (Wildman–Crippen LogP) is 1.50. The SMILES string of the molecule is COCCNC(=O)/C(C#N)=C(\C)c1ccc(N2CCN(C)CC2)cc1. The van der Waals surface area contributed by atoms with Crippen molar-refractivity contribution in [3.8, 4) is 6.07 Å². The third-order valence-electron chi connectivity index (χ3n) is 4.47. The Morgan fingerprint density at radius 3 is 2.44 bits per heavy atom. The van der Waals surface area contributed by atoms with E-state index in [4.69, 9.17) is 4.74 Å². The minimum absolute atomic E-state index is 0.142. The maximum Gasteiger partial charge on any atom is 0.262 e. The van der Waals surface area contributed by atoms with Crippen LogP contribution in [-0.4, -0.2) is 64.3 Å². The zero-order chi connectivity index (χ0) is 18.2. The Balaban J connectivity index is 2.11. The zero-order valence-electron chi connectivity index (χ0n) is 15.2. The van der Waals surface area contributed by atoms with E-state index in [1.165, 1.54) is 5.69 Å². The van der Waals surface area contributed by atoms with Gasteiger partial charge in [-0.1, -0.05) is 12.1 Å². The number of anilines is 1. The minimum atomic E-state index is -0.361. The summed E-state index contributed by atoms with van der Waals surface area (Å²) in [6.07, 6.45) is 0. The first-order chi connectivity index (χ1) is 12.1. The quantitative estimate of drug-likeness (QED) is 0.482. The number of amides is 1. The largest absolute Gasteiger partial charge is 0.383 e. The van der Waals surface area contributed by atoms with Gasteiger partial charge >= 0.3 is 0 Å². The van der Waals surface area contributed by atoms with Crippen LogP contribution in [0.2, 0.25) is 0 Å². The fraction of sp³-hybridized carbons (Fsp3) is 0.474. The Hall–Kier alpha value is -2.36. The Morgan fingerprint density at radius 1 is 1.24 bits per heavy atom. The number of benzene rings is 1. The van der Waals surface area contributed by atoms with Gasteiger partial charge in [0.25, 0.3) is 5.91 Å². The lowest BCUT2D eigenvalue weighted by molar-refractivity contribution is -0.117. The van der Waals surface area contributed by atoms with Crippen LogP contribution in [0.25, 0.3) is 5.57 Å². The molecule has 0 atom stereocenters. The number of carbonyl (C=O) groups excluding carboxylic acids is 1. The smallest absolute Gasteiger partial charge is 0.262 e. The molecular weight excluding hydrogens is 316 g/mol. The molecule has 6 nitrogen and oxygen atoms in total. The molecule has 134 valence electrons. The average molecular weight is 342 g/mol. The van der Waals surface area contributed by atoms with Crippen LogP contribution >= 0.6 is 0 Å². The summed E-state index contributed by atoms with van der Waals surface area (Å²) in [6, 6.07) is 10.1. The zero-order valence-corrected chi connectivity index (χ0v) is 15.2. The highest BCUT2D eigenvalue weighted by atomic mass is 16.5. The Bertz CT molecular complexity index is 653. The van der Waals surface area contributed by atoms with Gasteiger partial charge in [0.2, 0.25) is 0 Å². The average Bonchev–Trinajstić information content (AvgIpc) is 2.63. The number of likely N-dealkylation sites (N-methyl/N-ethyl adjacent to an activating group) is 1. The normalized spacial score (nSPS) is 16.2. The van der Waals surface area contributed by atoms with Crippen LogP contribution in [-0.2, 0) is 9.53 Å². The van der Waals surface area contributed by atoms with Crippen molar-refractivity contribution in [2.24, 2.45) is 0 Å². The van der Waals surface area contributed by atoms with Crippen molar-refractivity contribution in [1.29, 1.82) is 5.26 Å². The van der Waals surface area contributed by atoms with Crippen LogP contribution in [0.1, 0.15) is 12.5 Å². The van der Waals surface area contributed by atoms with Crippen molar-refractivity contribution < 1.29 is 9.53 Å². The second-order valence-electron chi connectivity index (χ2n) is 6.20. The molecule has 0 unspecified atom stereocenters. The third-order valence-corrected chi connectivity index (χ3v) is 4.47. The number of rotatable bonds is 6. The second kappa shape index (κ2) is 9.21. The Morgan fingerprint density at radius 2 is 1.88 bits per heavy atom. The molecule has 1 N–H and O–H groups in total. The molecule has 1 aliphatic rings. The van der Waals surface area contributed by atoms with Crippen LogP contribution in [0.5, 0.6) is 0 Å². The standard InChI is InChI=1S/C19H26N4O2/c1-15(18(14-20)19(24)21-8-13-25-3)16-4-6-17(7-5-16)23-11-9-22(2)10-12-23/h4-7H,8-13H2,1-3H3,(H,21,24)/b18-15+. The van der Waals surface area contributed by atoms with Gasteiger partial charge in [-0.3, -0.25) is 4.79 Å². The molecule has 1 aromatic carbocycles. The maximum atomic E-state index is 12.1. The number of nitrogens with zero attached hydrogens (tertiary/aromatic N) is 3. The van der Waals surface area contributed by atoms with Crippen molar-refractivity contribution in [2.75, 3.05) is 58.4 Å². The van der Waals surface area contributed by atoms with Gasteiger partial charge in [0.1, 0.15) is 11.6 Å². The van der Waals surface area contributed by atoms with Gasteiger partial charge in [-0.15, -0.1) is 0 Å². The lowest BCUT2D eigenvalue weighted by Crippen LogP contribution is -2.44. The number of hydrogen-bond acceptors (Lipinski definition) is 5. The molecule has 25 heavy (non-hydrogen) atoms. The van der Waals surface area contributed by atoms with E-state index in [2.05, 4.69) is 34.3 Å². The molecule has 0 aromatic heterocycles. The van der Waals surface area contributed by atoms with Gasteiger partial charge in [0.05, 0.1) is 6.61 Å². The van der Waals surface area contributed by atoms with E-state index in [1.54, 1.807) is 14.0 Å². The highest BCUT2D eigenvalue weighted by Gasteiger charge is 2.16. The summed E-state index contributed by atoms with van der Waals surface area (Å²) in [5.74, 6) is -0.361. The Kier molecular flexibility index (Phi) is 6.99. The summed E-state index contributed by atoms with van der Waals surface area (Å²) in [5.41, 5.74) is 2.88. The summed E-state index contributed by atoms with van der Waals surface area (Å²) in [6.45, 7) is 6.74. The van der Waals surface area contributed by atoms with E-state index >= 15 is 0 Å². The fourth-order valence-electron chi connectivity index (χ4n) is 2.79. The van der Waals surface area contributed by atoms with Crippen LogP contribution in [0.15, 0.2) is 29.8 Å². The molecule has 1 aromatic rings. The minimum Gasteiger partial charge on any atom is -0.383 e. The molecule has 1 fully saturated rings. The highest BCUT2D eigenvalue weighted by Crippen LogP contribution is 2.23. The molecule has 1 amide bonds. The molecule has 1 heterocycles. The van der Waals surface area contributed by atoms with Gasteiger partial charge in [-0.2, -0.15) is 5.26 Å². The Labute approximate surface area is 149 Å². The van der Waals surface area contributed by atoms with Crippen LogP contribution in [0.4, 0.5) is 5.69 Å². The summed E-state index contributed by atoms with van der Waals surface area (Å²) in [5, 5.41) is 12.1. The molecular formula is C19H26N4O2. The predicted molar refractivity (Wildman–Crippen MR) is 99.2 cm³/mol. The molecule has 0 saturated carbocycles. The number of allylic oxidation sites excluding steroid dienone is 1. The van der Waals surface area contributed by atoms with Gasteiger partial charge in [0, 0.05) is 45.5 Å². The van der Waals surface area contributed by atoms with Gasteiger partial charge in [-0.05, 0) is 37.2 Å². The van der Waals surface area contributed by atoms with E-state index in [-0.39, 0.29) is 11.5 Å². The van der Waals surface area contributed by atoms with Crippen molar-refractivity contribution >= 4 is 17.2 Å². The van der Waals surface area contributed by atoms with E-state index in [0.717, 1.165) is 31.7 Å².